The molecular formula is C9H10BrN. The molecule has 0 spiro atoms. The Kier molecular flexibility index (Phi) is 2.71. The molecule has 58 valence electrons. The summed E-state index contributed by atoms with van der Waals surface area (Å²) in [6.07, 6.45) is 2.67. The fraction of sp³-hybridized carbons (Fsp3) is 0.111. The molecule has 0 heterocycles. The second kappa shape index (κ2) is 3.58. The Hall–Kier alpha value is -0.760. The summed E-state index contributed by atoms with van der Waals surface area (Å²) in [6.45, 7) is 3.66. The molecule has 0 aliphatic rings. The van der Waals surface area contributed by atoms with Gasteiger partial charge < -0.3 is 5.73 Å². The molecule has 1 aromatic carbocycles. The first kappa shape index (κ1) is 8.34. The van der Waals surface area contributed by atoms with Crippen LogP contribution in [0.4, 0.5) is 5.69 Å². The van der Waals surface area contributed by atoms with Gasteiger partial charge in [-0.25, -0.2) is 0 Å². The number of hydrogen-bond donors (Lipinski definition) is 1. The van der Waals surface area contributed by atoms with Crippen molar-refractivity contribution in [2.24, 2.45) is 0 Å². The van der Waals surface area contributed by atoms with E-state index in [1.807, 2.05) is 24.3 Å². The minimum Gasteiger partial charge on any atom is -0.398 e. The number of hydrogen-bond acceptors (Lipinski definition) is 1. The number of halogens is 1. The van der Waals surface area contributed by atoms with Gasteiger partial charge in [0.05, 0.1) is 0 Å². The van der Waals surface area contributed by atoms with Gasteiger partial charge in [0.2, 0.25) is 0 Å². The van der Waals surface area contributed by atoms with Crippen molar-refractivity contribution in [2.75, 3.05) is 5.73 Å². The molecule has 1 rings (SSSR count). The van der Waals surface area contributed by atoms with E-state index in [-0.39, 0.29) is 0 Å². The Labute approximate surface area is 75.0 Å². The molecule has 11 heavy (non-hydrogen) atoms. The number of allylic oxidation sites excluding steroid dienone is 1. The Morgan fingerprint density at radius 1 is 1.55 bits per heavy atom. The van der Waals surface area contributed by atoms with Crippen molar-refractivity contribution in [3.63, 3.8) is 0 Å². The smallest absolute Gasteiger partial charge is 0.0350 e. The van der Waals surface area contributed by atoms with Gasteiger partial charge in [-0.2, -0.15) is 0 Å². The number of benzene rings is 1. The summed E-state index contributed by atoms with van der Waals surface area (Å²) in [5, 5.41) is 0. The van der Waals surface area contributed by atoms with Crippen LogP contribution in [0.15, 0.2) is 35.3 Å². The lowest BCUT2D eigenvalue weighted by Crippen LogP contribution is -1.91. The normalized spacial score (nSPS) is 9.55. The number of nitrogen functional groups attached to an aromatic ring is 1. The zero-order chi connectivity index (χ0) is 8.27. The fourth-order valence-electron chi connectivity index (χ4n) is 0.907. The fourth-order valence-corrected chi connectivity index (χ4v) is 1.32. The minimum absolute atomic E-state index is 0.825. The van der Waals surface area contributed by atoms with Crippen molar-refractivity contribution in [1.29, 1.82) is 0 Å². The molecule has 0 aliphatic carbocycles. The molecule has 0 fully saturated rings. The van der Waals surface area contributed by atoms with Crippen LogP contribution in [-0.2, 0) is 6.42 Å². The number of anilines is 1. The van der Waals surface area contributed by atoms with Crippen LogP contribution < -0.4 is 5.73 Å². The van der Waals surface area contributed by atoms with Crippen LogP contribution in [-0.4, -0.2) is 0 Å². The van der Waals surface area contributed by atoms with E-state index in [1.54, 1.807) is 0 Å². The molecular weight excluding hydrogens is 202 g/mol. The van der Waals surface area contributed by atoms with Crippen molar-refractivity contribution in [2.45, 2.75) is 6.42 Å². The van der Waals surface area contributed by atoms with Crippen molar-refractivity contribution >= 4 is 21.6 Å². The molecule has 0 atom stereocenters. The summed E-state index contributed by atoms with van der Waals surface area (Å²) in [4.78, 5) is 0. The summed E-state index contributed by atoms with van der Waals surface area (Å²) in [7, 11) is 0. The monoisotopic (exact) mass is 211 g/mol. The largest absolute Gasteiger partial charge is 0.398 e. The van der Waals surface area contributed by atoms with Gasteiger partial charge in [0.15, 0.2) is 0 Å². The van der Waals surface area contributed by atoms with Gasteiger partial charge in [-0.15, -0.1) is 6.58 Å². The van der Waals surface area contributed by atoms with E-state index in [1.165, 1.54) is 0 Å². The van der Waals surface area contributed by atoms with E-state index in [9.17, 15) is 0 Å². The number of nitrogens with two attached hydrogens (primary N) is 1. The highest BCUT2D eigenvalue weighted by Gasteiger charge is 1.96. The maximum Gasteiger partial charge on any atom is 0.0350 e. The second-order valence-corrected chi connectivity index (χ2v) is 3.25. The lowest BCUT2D eigenvalue weighted by molar-refractivity contribution is 1.28. The first-order valence-corrected chi connectivity index (χ1v) is 4.18. The van der Waals surface area contributed by atoms with E-state index >= 15 is 0 Å². The van der Waals surface area contributed by atoms with E-state index in [2.05, 4.69) is 22.5 Å². The molecule has 1 nitrogen and oxygen atoms in total. The molecule has 0 bridgehead atoms. The Morgan fingerprint density at radius 2 is 2.27 bits per heavy atom. The summed E-state index contributed by atoms with van der Waals surface area (Å²) >= 11 is 3.38. The molecule has 0 amide bonds. The maximum absolute atomic E-state index is 5.71. The van der Waals surface area contributed by atoms with Crippen LogP contribution in [0.3, 0.4) is 0 Å². The zero-order valence-corrected chi connectivity index (χ0v) is 7.76. The van der Waals surface area contributed by atoms with Crippen LogP contribution in [0.1, 0.15) is 5.56 Å². The van der Waals surface area contributed by atoms with Gasteiger partial charge in [0.25, 0.3) is 0 Å². The Morgan fingerprint density at radius 3 is 2.91 bits per heavy atom. The molecule has 0 aliphatic heterocycles. The van der Waals surface area contributed by atoms with Gasteiger partial charge in [0.1, 0.15) is 0 Å². The third kappa shape index (κ3) is 2.09. The van der Waals surface area contributed by atoms with Crippen LogP contribution in [0.25, 0.3) is 0 Å². The molecule has 2 N–H and O–H groups in total. The highest BCUT2D eigenvalue weighted by atomic mass is 79.9. The maximum atomic E-state index is 5.71. The predicted molar refractivity (Wildman–Crippen MR) is 52.5 cm³/mol. The van der Waals surface area contributed by atoms with E-state index < -0.39 is 0 Å². The van der Waals surface area contributed by atoms with Crippen LogP contribution in [0.5, 0.6) is 0 Å². The van der Waals surface area contributed by atoms with Crippen LogP contribution in [0.2, 0.25) is 0 Å². The summed E-state index contributed by atoms with van der Waals surface area (Å²) in [6, 6.07) is 5.84. The van der Waals surface area contributed by atoms with E-state index in [0.29, 0.717) is 0 Å². The van der Waals surface area contributed by atoms with Gasteiger partial charge in [-0.3, -0.25) is 0 Å². The van der Waals surface area contributed by atoms with Gasteiger partial charge in [0, 0.05) is 10.2 Å². The molecule has 0 unspecified atom stereocenters. The van der Waals surface area contributed by atoms with E-state index in [0.717, 1.165) is 22.1 Å². The minimum atomic E-state index is 0.825. The standard InChI is InChI=1S/C9H10BrN/c1-2-3-7-6-8(10)4-5-9(7)11/h2,4-6H,1,3,11H2. The van der Waals surface area contributed by atoms with Gasteiger partial charge in [-0.05, 0) is 30.2 Å². The SMILES string of the molecule is C=CCc1cc(Br)ccc1N. The molecule has 0 radical (unpaired) electrons. The quantitative estimate of drug-likeness (QED) is 0.592. The third-order valence-electron chi connectivity index (χ3n) is 1.47. The summed E-state index contributed by atoms with van der Waals surface area (Å²) in [5.74, 6) is 0. The molecule has 2 heteroatoms. The lowest BCUT2D eigenvalue weighted by Gasteiger charge is -2.01. The lowest BCUT2D eigenvalue weighted by atomic mass is 10.1. The summed E-state index contributed by atoms with van der Waals surface area (Å²) in [5.41, 5.74) is 7.65. The van der Waals surface area contributed by atoms with Crippen molar-refractivity contribution in [3.05, 3.63) is 40.9 Å². The first-order chi connectivity index (χ1) is 5.24. The zero-order valence-electron chi connectivity index (χ0n) is 6.18. The van der Waals surface area contributed by atoms with Crippen LogP contribution >= 0.6 is 15.9 Å². The highest BCUT2D eigenvalue weighted by Crippen LogP contribution is 2.18. The average molecular weight is 212 g/mol. The van der Waals surface area contributed by atoms with Crippen molar-refractivity contribution in [1.82, 2.24) is 0 Å². The first-order valence-electron chi connectivity index (χ1n) is 3.39. The Balaban J connectivity index is 3.01. The van der Waals surface area contributed by atoms with Crippen molar-refractivity contribution < 1.29 is 0 Å². The second-order valence-electron chi connectivity index (χ2n) is 2.34. The van der Waals surface area contributed by atoms with E-state index in [4.69, 9.17) is 5.73 Å². The summed E-state index contributed by atoms with van der Waals surface area (Å²) < 4.78 is 1.06. The molecule has 0 saturated carbocycles. The van der Waals surface area contributed by atoms with Crippen molar-refractivity contribution in [3.8, 4) is 0 Å². The molecule has 1 aromatic rings. The molecule has 0 saturated heterocycles. The van der Waals surface area contributed by atoms with Gasteiger partial charge in [-0.1, -0.05) is 22.0 Å². The average Bonchev–Trinajstić information content (AvgIpc) is 1.98. The molecule has 0 aromatic heterocycles. The van der Waals surface area contributed by atoms with Crippen LogP contribution in [0, 0.1) is 0 Å². The highest BCUT2D eigenvalue weighted by molar-refractivity contribution is 9.10. The Bertz CT molecular complexity index is 268. The predicted octanol–water partition coefficient (Wildman–Crippen LogP) is 2.76. The van der Waals surface area contributed by atoms with Gasteiger partial charge >= 0.3 is 0 Å². The third-order valence-corrected chi connectivity index (χ3v) is 1.96. The topological polar surface area (TPSA) is 26.0 Å². The number of rotatable bonds is 2.